The Balaban J connectivity index is 2.19. The van der Waals surface area contributed by atoms with Gasteiger partial charge in [0.1, 0.15) is 24.0 Å². The minimum absolute atomic E-state index is 0.0700. The number of nitrogens with zero attached hydrogens (tertiary/aromatic N) is 1. The van der Waals surface area contributed by atoms with E-state index in [4.69, 9.17) is 26.3 Å². The second-order valence-electron chi connectivity index (χ2n) is 4.84. The molecule has 0 bridgehead atoms. The molecule has 24 heavy (non-hydrogen) atoms. The molecule has 5 heteroatoms. The van der Waals surface area contributed by atoms with E-state index in [1.165, 1.54) is 6.08 Å². The van der Waals surface area contributed by atoms with Crippen molar-refractivity contribution >= 4 is 23.6 Å². The Hall–Kier alpha value is -2.77. The van der Waals surface area contributed by atoms with Crippen molar-refractivity contribution in [3.63, 3.8) is 0 Å². The minimum atomic E-state index is -0.646. The molecular weight excluding hydrogens is 326 g/mol. The third-order valence-corrected chi connectivity index (χ3v) is 3.39. The molecule has 0 aliphatic carbocycles. The maximum atomic E-state index is 11.7. The van der Waals surface area contributed by atoms with Gasteiger partial charge in [-0.2, -0.15) is 5.26 Å². The van der Waals surface area contributed by atoms with Crippen LogP contribution < -0.4 is 4.74 Å². The lowest BCUT2D eigenvalue weighted by atomic mass is 10.1. The monoisotopic (exact) mass is 341 g/mol. The van der Waals surface area contributed by atoms with E-state index >= 15 is 0 Å². The van der Waals surface area contributed by atoms with Crippen LogP contribution in [-0.4, -0.2) is 12.6 Å². The van der Waals surface area contributed by atoms with Crippen molar-refractivity contribution in [2.45, 2.75) is 13.5 Å². The predicted octanol–water partition coefficient (Wildman–Crippen LogP) is 4.39. The van der Waals surface area contributed by atoms with Gasteiger partial charge in [0.25, 0.3) is 0 Å². The Labute approximate surface area is 145 Å². The summed E-state index contributed by atoms with van der Waals surface area (Å²) in [5.74, 6) is -0.0722. The number of benzene rings is 2. The van der Waals surface area contributed by atoms with Crippen LogP contribution in [0.5, 0.6) is 5.75 Å². The van der Waals surface area contributed by atoms with Crippen LogP contribution in [0.2, 0.25) is 5.02 Å². The van der Waals surface area contributed by atoms with Crippen molar-refractivity contribution in [2.24, 2.45) is 0 Å². The number of halogens is 1. The molecule has 0 aromatic heterocycles. The van der Waals surface area contributed by atoms with Gasteiger partial charge in [-0.05, 0) is 36.8 Å². The Morgan fingerprint density at radius 3 is 2.58 bits per heavy atom. The smallest absolute Gasteiger partial charge is 0.348 e. The molecule has 0 heterocycles. The van der Waals surface area contributed by atoms with Crippen LogP contribution in [0.3, 0.4) is 0 Å². The summed E-state index contributed by atoms with van der Waals surface area (Å²) in [6, 6.07) is 16.4. The molecule has 0 aliphatic rings. The Morgan fingerprint density at radius 1 is 1.21 bits per heavy atom. The summed E-state index contributed by atoms with van der Waals surface area (Å²) in [6.45, 7) is 2.26. The van der Waals surface area contributed by atoms with Crippen molar-refractivity contribution in [2.75, 3.05) is 6.61 Å². The number of ether oxygens (including phenoxy) is 2. The average molecular weight is 342 g/mol. The van der Waals surface area contributed by atoms with Crippen molar-refractivity contribution in [1.29, 1.82) is 5.26 Å². The van der Waals surface area contributed by atoms with Crippen molar-refractivity contribution in [1.82, 2.24) is 0 Å². The number of esters is 1. The quantitative estimate of drug-likeness (QED) is 0.444. The molecule has 0 spiro atoms. The first-order valence-electron chi connectivity index (χ1n) is 7.39. The summed E-state index contributed by atoms with van der Waals surface area (Å²) in [4.78, 5) is 11.7. The van der Waals surface area contributed by atoms with Gasteiger partial charge in [-0.3, -0.25) is 0 Å². The summed E-state index contributed by atoms with van der Waals surface area (Å²) >= 11 is 5.86. The fourth-order valence-electron chi connectivity index (χ4n) is 1.97. The lowest BCUT2D eigenvalue weighted by molar-refractivity contribution is -0.137. The molecule has 4 nitrogen and oxygen atoms in total. The maximum Gasteiger partial charge on any atom is 0.348 e. The van der Waals surface area contributed by atoms with Gasteiger partial charge in [0.2, 0.25) is 0 Å². The first-order chi connectivity index (χ1) is 11.6. The van der Waals surface area contributed by atoms with Crippen LogP contribution in [0.1, 0.15) is 18.1 Å². The van der Waals surface area contributed by atoms with Crippen molar-refractivity contribution in [3.8, 4) is 11.8 Å². The third-order valence-electron chi connectivity index (χ3n) is 3.14. The molecule has 122 valence electrons. The minimum Gasteiger partial charge on any atom is -0.488 e. The number of carbonyl (C=O) groups excluding carboxylic acids is 1. The Bertz CT molecular complexity index is 776. The second-order valence-corrected chi connectivity index (χ2v) is 5.28. The van der Waals surface area contributed by atoms with Crippen LogP contribution in [0, 0.1) is 11.3 Å². The third kappa shape index (κ3) is 4.87. The Morgan fingerprint density at radius 2 is 1.92 bits per heavy atom. The number of rotatable bonds is 6. The highest BCUT2D eigenvalue weighted by atomic mass is 35.5. The normalized spacial score (nSPS) is 10.8. The summed E-state index contributed by atoms with van der Waals surface area (Å²) in [6.07, 6.45) is 1.47. The molecule has 0 radical (unpaired) electrons. The molecule has 0 aliphatic heterocycles. The number of hydrogen-bond donors (Lipinski definition) is 0. The zero-order chi connectivity index (χ0) is 17.4. The van der Waals surface area contributed by atoms with Crippen LogP contribution >= 0.6 is 11.6 Å². The Kier molecular flexibility index (Phi) is 6.41. The fourth-order valence-corrected chi connectivity index (χ4v) is 2.10. The highest BCUT2D eigenvalue weighted by molar-refractivity contribution is 6.30. The highest BCUT2D eigenvalue weighted by Gasteiger charge is 2.11. The summed E-state index contributed by atoms with van der Waals surface area (Å²) < 4.78 is 10.7. The van der Waals surface area contributed by atoms with Crippen LogP contribution in [0.4, 0.5) is 0 Å². The fraction of sp³-hybridized carbons (Fsp3) is 0.158. The summed E-state index contributed by atoms with van der Waals surface area (Å²) in [5, 5.41) is 9.80. The van der Waals surface area contributed by atoms with Crippen molar-refractivity contribution in [3.05, 3.63) is 70.3 Å². The lowest BCUT2D eigenvalue weighted by Gasteiger charge is -2.10. The van der Waals surface area contributed by atoms with Crippen LogP contribution in [0.25, 0.3) is 6.08 Å². The molecule has 0 fully saturated rings. The molecule has 0 amide bonds. The number of para-hydroxylation sites is 1. The van der Waals surface area contributed by atoms with Crippen LogP contribution in [0.15, 0.2) is 54.1 Å². The van der Waals surface area contributed by atoms with Crippen molar-refractivity contribution < 1.29 is 14.3 Å². The van der Waals surface area contributed by atoms with E-state index in [0.717, 1.165) is 5.56 Å². The lowest BCUT2D eigenvalue weighted by Crippen LogP contribution is -2.06. The maximum absolute atomic E-state index is 11.7. The van der Waals surface area contributed by atoms with Crippen LogP contribution in [-0.2, 0) is 16.1 Å². The van der Waals surface area contributed by atoms with E-state index in [1.54, 1.807) is 37.3 Å². The molecule has 0 saturated carbocycles. The first kappa shape index (κ1) is 17.6. The van der Waals surface area contributed by atoms with Gasteiger partial charge >= 0.3 is 5.97 Å². The van der Waals surface area contributed by atoms with Gasteiger partial charge in [0, 0.05) is 10.6 Å². The molecule has 0 unspecified atom stereocenters. The van der Waals surface area contributed by atoms with Gasteiger partial charge in [-0.15, -0.1) is 0 Å². The second kappa shape index (κ2) is 8.76. The van der Waals surface area contributed by atoms with Gasteiger partial charge in [0.15, 0.2) is 0 Å². The number of hydrogen-bond acceptors (Lipinski definition) is 4. The molecule has 2 rings (SSSR count). The van der Waals surface area contributed by atoms with Gasteiger partial charge in [-0.1, -0.05) is 41.9 Å². The number of carbonyl (C=O) groups is 1. The molecule has 0 N–H and O–H groups in total. The number of nitriles is 1. The van der Waals surface area contributed by atoms with Gasteiger partial charge in [0.05, 0.1) is 6.61 Å². The molecule has 2 aromatic carbocycles. The topological polar surface area (TPSA) is 59.3 Å². The molecular formula is C19H16ClNO3. The highest BCUT2D eigenvalue weighted by Crippen LogP contribution is 2.23. The van der Waals surface area contributed by atoms with Gasteiger partial charge < -0.3 is 9.47 Å². The zero-order valence-electron chi connectivity index (χ0n) is 13.2. The molecule has 0 saturated heterocycles. The predicted molar refractivity (Wildman–Crippen MR) is 92.4 cm³/mol. The van der Waals surface area contributed by atoms with E-state index in [2.05, 4.69) is 0 Å². The van der Waals surface area contributed by atoms with E-state index < -0.39 is 5.97 Å². The summed E-state index contributed by atoms with van der Waals surface area (Å²) in [5.41, 5.74) is 1.53. The van der Waals surface area contributed by atoms with E-state index in [1.807, 2.05) is 24.3 Å². The van der Waals surface area contributed by atoms with Gasteiger partial charge in [-0.25, -0.2) is 4.79 Å². The SMILES string of the molecule is CCOC(=O)C(C#N)=Cc1ccccc1OCc1ccc(Cl)cc1. The molecule has 2 aromatic rings. The van der Waals surface area contributed by atoms with E-state index in [0.29, 0.717) is 22.9 Å². The van der Waals surface area contributed by atoms with E-state index in [-0.39, 0.29) is 12.2 Å². The summed E-state index contributed by atoms with van der Waals surface area (Å²) in [7, 11) is 0. The average Bonchev–Trinajstić information content (AvgIpc) is 2.60. The zero-order valence-corrected chi connectivity index (χ0v) is 13.9. The standard InChI is InChI=1S/C19H16ClNO3/c1-2-23-19(22)16(12-21)11-15-5-3-4-6-18(15)24-13-14-7-9-17(20)10-8-14/h3-11H,2,13H2,1H3. The molecule has 0 atom stereocenters. The van der Waals surface area contributed by atoms with E-state index in [9.17, 15) is 4.79 Å². The first-order valence-corrected chi connectivity index (χ1v) is 7.77. The largest absolute Gasteiger partial charge is 0.488 e.